The summed E-state index contributed by atoms with van der Waals surface area (Å²) in [5.74, 6) is -0.365. The second-order valence-electron chi connectivity index (χ2n) is 5.48. The van der Waals surface area contributed by atoms with Crippen molar-refractivity contribution < 1.29 is 9.59 Å². The summed E-state index contributed by atoms with van der Waals surface area (Å²) in [6.45, 7) is 1.45. The van der Waals surface area contributed by atoms with E-state index < -0.39 is 0 Å². The Morgan fingerprint density at radius 2 is 1.62 bits per heavy atom. The Labute approximate surface area is 144 Å². The normalized spacial score (nSPS) is 10.6. The Kier molecular flexibility index (Phi) is 4.27. The van der Waals surface area contributed by atoms with E-state index in [1.165, 1.54) is 6.92 Å². The van der Waals surface area contributed by atoms with E-state index in [2.05, 4.69) is 10.6 Å². The summed E-state index contributed by atoms with van der Waals surface area (Å²) in [5, 5.41) is 7.04. The number of hydrogen-bond donors (Lipinski definition) is 2. The van der Waals surface area contributed by atoms with Gasteiger partial charge in [0.25, 0.3) is 5.91 Å². The third kappa shape index (κ3) is 3.12. The molecule has 0 aliphatic heterocycles. The number of hydrogen-bond acceptors (Lipinski definition) is 2. The average Bonchev–Trinajstić information content (AvgIpc) is 2.87. The molecule has 0 atom stereocenters. The molecule has 122 valence electrons. The topological polar surface area (TPSA) is 63.1 Å². The number of nitrogens with zero attached hydrogens (tertiary/aromatic N) is 1. The highest BCUT2D eigenvalue weighted by Gasteiger charge is 2.15. The van der Waals surface area contributed by atoms with Crippen LogP contribution in [0.15, 0.2) is 48.5 Å². The molecule has 2 amide bonds. The minimum Gasteiger partial charge on any atom is -0.338 e. The molecular weight excluding hydrogens is 326 g/mol. The van der Waals surface area contributed by atoms with E-state index in [1.54, 1.807) is 34.9 Å². The Balaban J connectivity index is 1.84. The Morgan fingerprint density at radius 3 is 2.21 bits per heavy atom. The van der Waals surface area contributed by atoms with Crippen molar-refractivity contribution in [1.82, 2.24) is 4.57 Å². The third-order valence-electron chi connectivity index (χ3n) is 3.70. The summed E-state index contributed by atoms with van der Waals surface area (Å²) < 4.78 is 1.78. The highest BCUT2D eigenvalue weighted by Crippen LogP contribution is 2.26. The first kappa shape index (κ1) is 16.1. The van der Waals surface area contributed by atoms with Crippen LogP contribution in [-0.4, -0.2) is 16.4 Å². The highest BCUT2D eigenvalue weighted by molar-refractivity contribution is 6.35. The molecule has 1 aromatic heterocycles. The maximum Gasteiger partial charge on any atom is 0.272 e. The number of fused-ring (bicyclic) bond motifs is 1. The highest BCUT2D eigenvalue weighted by atomic mass is 35.5. The molecule has 0 aliphatic carbocycles. The quantitative estimate of drug-likeness (QED) is 0.755. The lowest BCUT2D eigenvalue weighted by Gasteiger charge is -2.08. The van der Waals surface area contributed by atoms with Crippen LogP contribution in [0.4, 0.5) is 11.4 Å². The second-order valence-corrected chi connectivity index (χ2v) is 5.89. The zero-order valence-corrected chi connectivity index (χ0v) is 14.0. The van der Waals surface area contributed by atoms with E-state index in [9.17, 15) is 9.59 Å². The van der Waals surface area contributed by atoms with Crippen LogP contribution in [0.3, 0.4) is 0 Å². The van der Waals surface area contributed by atoms with Crippen molar-refractivity contribution in [3.63, 3.8) is 0 Å². The SMILES string of the molecule is CC(=O)Nc1ccc(NC(=O)c2cc3cccc(Cl)c3n2C)cc1. The Hall–Kier alpha value is -2.79. The molecule has 5 nitrogen and oxygen atoms in total. The van der Waals surface area contributed by atoms with E-state index >= 15 is 0 Å². The number of carbonyl (C=O) groups is 2. The van der Waals surface area contributed by atoms with Gasteiger partial charge in [-0.05, 0) is 36.4 Å². The van der Waals surface area contributed by atoms with Gasteiger partial charge in [0.1, 0.15) is 5.69 Å². The lowest BCUT2D eigenvalue weighted by atomic mass is 10.2. The molecule has 0 fully saturated rings. The molecule has 0 unspecified atom stereocenters. The van der Waals surface area contributed by atoms with Crippen molar-refractivity contribution in [2.45, 2.75) is 6.92 Å². The first-order valence-corrected chi connectivity index (χ1v) is 7.76. The third-order valence-corrected chi connectivity index (χ3v) is 4.01. The summed E-state index contributed by atoms with van der Waals surface area (Å²) in [4.78, 5) is 23.6. The van der Waals surface area contributed by atoms with Gasteiger partial charge < -0.3 is 15.2 Å². The van der Waals surface area contributed by atoms with Gasteiger partial charge in [-0.2, -0.15) is 0 Å². The van der Waals surface area contributed by atoms with Crippen LogP contribution in [-0.2, 0) is 11.8 Å². The fraction of sp³-hybridized carbons (Fsp3) is 0.111. The van der Waals surface area contributed by atoms with Gasteiger partial charge in [0.2, 0.25) is 5.91 Å². The number of aromatic nitrogens is 1. The van der Waals surface area contributed by atoms with Crippen LogP contribution in [0.2, 0.25) is 5.02 Å². The second kappa shape index (κ2) is 6.37. The van der Waals surface area contributed by atoms with Crippen molar-refractivity contribution >= 4 is 45.7 Å². The monoisotopic (exact) mass is 341 g/mol. The van der Waals surface area contributed by atoms with Crippen LogP contribution in [0.5, 0.6) is 0 Å². The summed E-state index contributed by atoms with van der Waals surface area (Å²) >= 11 is 6.21. The van der Waals surface area contributed by atoms with E-state index in [0.717, 1.165) is 10.9 Å². The number of halogens is 1. The first-order chi connectivity index (χ1) is 11.5. The van der Waals surface area contributed by atoms with Gasteiger partial charge in [-0.25, -0.2) is 0 Å². The standard InChI is InChI=1S/C18H16ClN3O2/c1-11(23)20-13-6-8-14(9-7-13)21-18(24)16-10-12-4-3-5-15(19)17(12)22(16)2/h3-10H,1-2H3,(H,20,23)(H,21,24). The van der Waals surface area contributed by atoms with Gasteiger partial charge >= 0.3 is 0 Å². The summed E-state index contributed by atoms with van der Waals surface area (Å²) in [6, 6.07) is 14.3. The number of rotatable bonds is 3. The summed E-state index contributed by atoms with van der Waals surface area (Å²) in [5.41, 5.74) is 2.66. The molecule has 0 radical (unpaired) electrons. The molecule has 2 N–H and O–H groups in total. The molecule has 0 saturated carbocycles. The van der Waals surface area contributed by atoms with E-state index in [1.807, 2.05) is 25.2 Å². The van der Waals surface area contributed by atoms with Crippen LogP contribution in [0, 0.1) is 0 Å². The predicted octanol–water partition coefficient (Wildman–Crippen LogP) is 4.04. The fourth-order valence-electron chi connectivity index (χ4n) is 2.62. The van der Waals surface area contributed by atoms with Crippen molar-refractivity contribution in [1.29, 1.82) is 0 Å². The van der Waals surface area contributed by atoms with Gasteiger partial charge in [0, 0.05) is 30.7 Å². The number of aryl methyl sites for hydroxylation is 1. The number of nitrogens with one attached hydrogen (secondary N) is 2. The van der Waals surface area contributed by atoms with Crippen molar-refractivity contribution in [3.05, 3.63) is 59.2 Å². The number of anilines is 2. The molecule has 0 bridgehead atoms. The van der Waals surface area contributed by atoms with Crippen LogP contribution < -0.4 is 10.6 Å². The minimum absolute atomic E-state index is 0.140. The first-order valence-electron chi connectivity index (χ1n) is 7.38. The summed E-state index contributed by atoms with van der Waals surface area (Å²) in [7, 11) is 1.81. The Bertz CT molecular complexity index is 929. The molecule has 0 spiro atoms. The van der Waals surface area contributed by atoms with Gasteiger partial charge in [-0.3, -0.25) is 9.59 Å². The zero-order valence-electron chi connectivity index (χ0n) is 13.3. The molecule has 1 heterocycles. The lowest BCUT2D eigenvalue weighted by molar-refractivity contribution is -0.114. The molecule has 24 heavy (non-hydrogen) atoms. The van der Waals surface area contributed by atoms with Crippen molar-refractivity contribution in [3.8, 4) is 0 Å². The maximum absolute atomic E-state index is 12.5. The van der Waals surface area contributed by atoms with Gasteiger partial charge in [0.05, 0.1) is 10.5 Å². The predicted molar refractivity (Wildman–Crippen MR) is 96.6 cm³/mol. The van der Waals surface area contributed by atoms with Crippen molar-refractivity contribution in [2.24, 2.45) is 7.05 Å². The van der Waals surface area contributed by atoms with E-state index in [4.69, 9.17) is 11.6 Å². The molecule has 3 aromatic rings. The molecule has 6 heteroatoms. The lowest BCUT2D eigenvalue weighted by Crippen LogP contribution is -2.15. The van der Waals surface area contributed by atoms with Crippen LogP contribution >= 0.6 is 11.6 Å². The number of carbonyl (C=O) groups excluding carboxylic acids is 2. The average molecular weight is 342 g/mol. The number of benzene rings is 2. The molecule has 0 saturated heterocycles. The fourth-order valence-corrected chi connectivity index (χ4v) is 2.93. The minimum atomic E-state index is -0.225. The summed E-state index contributed by atoms with van der Waals surface area (Å²) in [6.07, 6.45) is 0. The van der Waals surface area contributed by atoms with Crippen molar-refractivity contribution in [2.75, 3.05) is 10.6 Å². The maximum atomic E-state index is 12.5. The number of para-hydroxylation sites is 1. The van der Waals surface area contributed by atoms with Crippen LogP contribution in [0.1, 0.15) is 17.4 Å². The largest absolute Gasteiger partial charge is 0.338 e. The zero-order chi connectivity index (χ0) is 17.3. The Morgan fingerprint density at radius 1 is 1.00 bits per heavy atom. The number of amides is 2. The van der Waals surface area contributed by atoms with Gasteiger partial charge in [-0.1, -0.05) is 23.7 Å². The van der Waals surface area contributed by atoms with Gasteiger partial charge in [-0.15, -0.1) is 0 Å². The molecule has 2 aromatic carbocycles. The molecule has 0 aliphatic rings. The molecular formula is C18H16ClN3O2. The van der Waals surface area contributed by atoms with Crippen LogP contribution in [0.25, 0.3) is 10.9 Å². The van der Waals surface area contributed by atoms with E-state index in [0.29, 0.717) is 22.1 Å². The molecule has 3 rings (SSSR count). The van der Waals surface area contributed by atoms with Gasteiger partial charge in [0.15, 0.2) is 0 Å². The smallest absolute Gasteiger partial charge is 0.272 e. The van der Waals surface area contributed by atoms with E-state index in [-0.39, 0.29) is 11.8 Å².